The lowest BCUT2D eigenvalue weighted by molar-refractivity contribution is -0.388. The van der Waals surface area contributed by atoms with Crippen LogP contribution in [0.5, 0.6) is 0 Å². The van der Waals surface area contributed by atoms with Crippen LogP contribution < -0.4 is 5.73 Å². The van der Waals surface area contributed by atoms with E-state index in [0.717, 1.165) is 22.9 Å². The van der Waals surface area contributed by atoms with Crippen molar-refractivity contribution in [2.45, 2.75) is 9.92 Å². The van der Waals surface area contributed by atoms with Crippen LogP contribution in [0.2, 0.25) is 0 Å². The number of aromatic nitrogens is 3. The molecule has 86 valence electrons. The molecule has 0 saturated heterocycles. The van der Waals surface area contributed by atoms with Gasteiger partial charge in [0.25, 0.3) is 0 Å². The van der Waals surface area contributed by atoms with Gasteiger partial charge in [0.05, 0.1) is 4.92 Å². The molecule has 2 aromatic heterocycles. The number of hydrogen-bond donors (Lipinski definition) is 1. The summed E-state index contributed by atoms with van der Waals surface area (Å²) in [5.74, 6) is 0.00663. The Morgan fingerprint density at radius 3 is 2.71 bits per heavy atom. The molecule has 0 amide bonds. The zero-order valence-electron chi connectivity index (χ0n) is 8.48. The van der Waals surface area contributed by atoms with E-state index in [2.05, 4.69) is 15.0 Å². The summed E-state index contributed by atoms with van der Waals surface area (Å²) < 4.78 is 0. The average molecular weight is 249 g/mol. The Bertz CT molecular complexity index is 548. The predicted molar refractivity (Wildman–Crippen MR) is 61.5 cm³/mol. The number of rotatable bonds is 3. The van der Waals surface area contributed by atoms with Crippen LogP contribution in [-0.4, -0.2) is 19.9 Å². The van der Waals surface area contributed by atoms with Gasteiger partial charge in [-0.15, -0.1) is 0 Å². The van der Waals surface area contributed by atoms with Gasteiger partial charge in [0.15, 0.2) is 5.03 Å². The number of anilines is 1. The minimum Gasteiger partial charge on any atom is -0.368 e. The van der Waals surface area contributed by atoms with Gasteiger partial charge in [0.2, 0.25) is 5.95 Å². The molecule has 2 rings (SSSR count). The molecule has 0 atom stereocenters. The van der Waals surface area contributed by atoms with Crippen LogP contribution in [0.25, 0.3) is 0 Å². The number of nitrogens with zero attached hydrogens (tertiary/aromatic N) is 4. The van der Waals surface area contributed by atoms with Crippen molar-refractivity contribution in [1.82, 2.24) is 15.0 Å². The number of nitro groups is 1. The molecule has 2 N–H and O–H groups in total. The SMILES string of the molecule is Nc1ncc([N+](=O)[O-])c(Sc2ccncc2)n1. The first-order chi connectivity index (χ1) is 8.16. The van der Waals surface area contributed by atoms with Gasteiger partial charge in [-0.2, -0.15) is 4.98 Å². The Morgan fingerprint density at radius 1 is 1.35 bits per heavy atom. The molecule has 0 aliphatic heterocycles. The minimum atomic E-state index is -0.539. The summed E-state index contributed by atoms with van der Waals surface area (Å²) in [5.41, 5.74) is 5.25. The molecule has 0 spiro atoms. The van der Waals surface area contributed by atoms with Crippen molar-refractivity contribution in [2.24, 2.45) is 0 Å². The largest absolute Gasteiger partial charge is 0.368 e. The molecule has 0 bridgehead atoms. The van der Waals surface area contributed by atoms with Crippen molar-refractivity contribution in [3.05, 3.63) is 40.8 Å². The first-order valence-electron chi connectivity index (χ1n) is 4.51. The second-order valence-corrected chi connectivity index (χ2v) is 4.02. The topological polar surface area (TPSA) is 108 Å². The van der Waals surface area contributed by atoms with Crippen LogP contribution in [0.1, 0.15) is 0 Å². The smallest absolute Gasteiger partial charge is 0.320 e. The summed E-state index contributed by atoms with van der Waals surface area (Å²) in [6.45, 7) is 0. The van der Waals surface area contributed by atoms with Gasteiger partial charge < -0.3 is 5.73 Å². The fourth-order valence-electron chi connectivity index (χ4n) is 1.09. The fraction of sp³-hybridized carbons (Fsp3) is 0. The number of pyridine rings is 1. The van der Waals surface area contributed by atoms with E-state index in [-0.39, 0.29) is 16.7 Å². The van der Waals surface area contributed by atoms with Crippen molar-refractivity contribution >= 4 is 23.4 Å². The van der Waals surface area contributed by atoms with E-state index in [1.54, 1.807) is 24.5 Å². The van der Waals surface area contributed by atoms with Gasteiger partial charge in [-0.1, -0.05) is 11.8 Å². The first kappa shape index (κ1) is 11.3. The quantitative estimate of drug-likeness (QED) is 0.499. The maximum Gasteiger partial charge on any atom is 0.320 e. The van der Waals surface area contributed by atoms with E-state index >= 15 is 0 Å². The highest BCUT2D eigenvalue weighted by Crippen LogP contribution is 2.32. The molecule has 0 unspecified atom stereocenters. The van der Waals surface area contributed by atoms with Crippen LogP contribution in [-0.2, 0) is 0 Å². The second kappa shape index (κ2) is 4.74. The van der Waals surface area contributed by atoms with Gasteiger partial charge in [-0.3, -0.25) is 15.1 Å². The molecular formula is C9H7N5O2S. The molecule has 8 heteroatoms. The van der Waals surface area contributed by atoms with Crippen LogP contribution in [0.15, 0.2) is 40.6 Å². The van der Waals surface area contributed by atoms with Gasteiger partial charge in [-0.05, 0) is 12.1 Å². The monoisotopic (exact) mass is 249 g/mol. The zero-order chi connectivity index (χ0) is 12.3. The summed E-state index contributed by atoms with van der Waals surface area (Å²) in [7, 11) is 0. The third-order valence-electron chi connectivity index (χ3n) is 1.82. The third kappa shape index (κ3) is 2.67. The third-order valence-corrected chi connectivity index (χ3v) is 2.82. The maximum absolute atomic E-state index is 10.8. The number of nitrogens with two attached hydrogens (primary N) is 1. The van der Waals surface area contributed by atoms with Gasteiger partial charge in [0, 0.05) is 17.3 Å². The zero-order valence-corrected chi connectivity index (χ0v) is 9.29. The predicted octanol–water partition coefficient (Wildman–Crippen LogP) is 1.51. The summed E-state index contributed by atoms with van der Waals surface area (Å²) in [4.78, 5) is 22.4. The fourth-order valence-corrected chi connectivity index (χ4v) is 1.94. The standard InChI is InChI=1S/C9H7N5O2S/c10-9-12-5-7(14(15)16)8(13-9)17-6-1-3-11-4-2-6/h1-5H,(H2,10,12,13). The summed E-state index contributed by atoms with van der Waals surface area (Å²) >= 11 is 1.14. The summed E-state index contributed by atoms with van der Waals surface area (Å²) in [5, 5.41) is 11.0. The molecular weight excluding hydrogens is 242 g/mol. The Morgan fingerprint density at radius 2 is 2.06 bits per heavy atom. The van der Waals surface area contributed by atoms with Crippen molar-refractivity contribution in [3.8, 4) is 0 Å². The van der Waals surface area contributed by atoms with Crippen LogP contribution in [0.4, 0.5) is 11.6 Å². The van der Waals surface area contributed by atoms with E-state index in [9.17, 15) is 10.1 Å². The van der Waals surface area contributed by atoms with E-state index in [4.69, 9.17) is 5.73 Å². The molecule has 2 heterocycles. The highest BCUT2D eigenvalue weighted by molar-refractivity contribution is 7.99. The molecule has 7 nitrogen and oxygen atoms in total. The molecule has 17 heavy (non-hydrogen) atoms. The highest BCUT2D eigenvalue weighted by Gasteiger charge is 2.17. The highest BCUT2D eigenvalue weighted by atomic mass is 32.2. The van der Waals surface area contributed by atoms with Gasteiger partial charge in [-0.25, -0.2) is 4.98 Å². The number of nitrogen functional groups attached to an aromatic ring is 1. The Balaban J connectivity index is 2.37. The molecule has 0 saturated carbocycles. The van der Waals surface area contributed by atoms with E-state index in [0.29, 0.717) is 0 Å². The first-order valence-corrected chi connectivity index (χ1v) is 5.33. The molecule has 0 aliphatic carbocycles. The lowest BCUT2D eigenvalue weighted by atomic mass is 10.5. The lowest BCUT2D eigenvalue weighted by Crippen LogP contribution is -2.00. The van der Waals surface area contributed by atoms with E-state index < -0.39 is 4.92 Å². The average Bonchev–Trinajstić information content (AvgIpc) is 2.30. The van der Waals surface area contributed by atoms with Crippen molar-refractivity contribution in [2.75, 3.05) is 5.73 Å². The maximum atomic E-state index is 10.8. The molecule has 0 radical (unpaired) electrons. The summed E-state index contributed by atoms with van der Waals surface area (Å²) in [6, 6.07) is 3.46. The van der Waals surface area contributed by atoms with Gasteiger partial charge in [0.1, 0.15) is 6.20 Å². The van der Waals surface area contributed by atoms with Crippen molar-refractivity contribution in [1.29, 1.82) is 0 Å². The lowest BCUT2D eigenvalue weighted by Gasteiger charge is -2.01. The molecule has 2 aromatic rings. The van der Waals surface area contributed by atoms with E-state index in [1.807, 2.05) is 0 Å². The molecule has 0 aliphatic rings. The van der Waals surface area contributed by atoms with Crippen LogP contribution in [0.3, 0.4) is 0 Å². The molecule has 0 aromatic carbocycles. The Kier molecular flexibility index (Phi) is 3.15. The van der Waals surface area contributed by atoms with Crippen molar-refractivity contribution in [3.63, 3.8) is 0 Å². The Hall–Kier alpha value is -2.22. The minimum absolute atomic E-state index is 0.00663. The van der Waals surface area contributed by atoms with Crippen LogP contribution in [0, 0.1) is 10.1 Å². The van der Waals surface area contributed by atoms with Crippen molar-refractivity contribution < 1.29 is 4.92 Å². The number of hydrogen-bond acceptors (Lipinski definition) is 7. The second-order valence-electron chi connectivity index (χ2n) is 2.96. The Labute approximate surface area is 100 Å². The molecule has 0 fully saturated rings. The van der Waals surface area contributed by atoms with Crippen LogP contribution >= 0.6 is 11.8 Å². The normalized spacial score (nSPS) is 10.1. The van der Waals surface area contributed by atoms with E-state index in [1.165, 1.54) is 0 Å². The van der Waals surface area contributed by atoms with Gasteiger partial charge >= 0.3 is 5.69 Å². The summed E-state index contributed by atoms with van der Waals surface area (Å²) in [6.07, 6.45) is 4.29.